The van der Waals surface area contributed by atoms with Gasteiger partial charge in [-0.1, -0.05) is 23.7 Å². The Morgan fingerprint density at radius 1 is 1.07 bits per heavy atom. The van der Waals surface area contributed by atoms with Crippen LogP contribution in [0.3, 0.4) is 0 Å². The fourth-order valence-electron chi connectivity index (χ4n) is 5.55. The van der Waals surface area contributed by atoms with Gasteiger partial charge in [-0.25, -0.2) is 9.18 Å². The Morgan fingerprint density at radius 2 is 1.80 bits per heavy atom. The van der Waals surface area contributed by atoms with Crippen molar-refractivity contribution in [1.82, 2.24) is 10.2 Å². The highest BCUT2D eigenvalue weighted by Crippen LogP contribution is 2.37. The molecule has 228 valence electrons. The van der Waals surface area contributed by atoms with Crippen LogP contribution in [0.4, 0.5) is 10.1 Å². The van der Waals surface area contributed by atoms with E-state index in [4.69, 9.17) is 16.3 Å². The number of nitrogens with one attached hydrogen (secondary N) is 2. The molecule has 0 aromatic heterocycles. The predicted octanol–water partition coefficient (Wildman–Crippen LogP) is 5.29. The Bertz CT molecular complexity index is 1640. The minimum atomic E-state index is -1.10. The van der Waals surface area contributed by atoms with Crippen molar-refractivity contribution in [2.45, 2.75) is 38.3 Å². The fourth-order valence-corrected chi connectivity index (χ4v) is 5.72. The summed E-state index contributed by atoms with van der Waals surface area (Å²) in [7, 11) is 0. The lowest BCUT2D eigenvalue weighted by molar-refractivity contribution is -0.135. The molecule has 44 heavy (non-hydrogen) atoms. The van der Waals surface area contributed by atoms with Crippen molar-refractivity contribution in [2.24, 2.45) is 0 Å². The summed E-state index contributed by atoms with van der Waals surface area (Å²) in [5.74, 6) is -2.76. The second kappa shape index (κ2) is 13.4. The van der Waals surface area contributed by atoms with Crippen molar-refractivity contribution in [3.63, 3.8) is 0 Å². The molecule has 2 aliphatic rings. The molecule has 1 unspecified atom stereocenters. The summed E-state index contributed by atoms with van der Waals surface area (Å²) in [4.78, 5) is 52.3. The van der Waals surface area contributed by atoms with Gasteiger partial charge in [-0.2, -0.15) is 0 Å². The van der Waals surface area contributed by atoms with Crippen molar-refractivity contribution in [2.75, 3.05) is 25.0 Å². The van der Waals surface area contributed by atoms with Gasteiger partial charge in [0.05, 0.1) is 10.6 Å². The molecule has 0 aliphatic carbocycles. The van der Waals surface area contributed by atoms with E-state index in [1.165, 1.54) is 54.3 Å². The monoisotopic (exact) mass is 619 g/mol. The molecular formula is C33H31ClFN3O6. The lowest BCUT2D eigenvalue weighted by atomic mass is 9.90. The number of halogens is 2. The highest BCUT2D eigenvalue weighted by atomic mass is 35.5. The first-order chi connectivity index (χ1) is 21.1. The van der Waals surface area contributed by atoms with Crippen LogP contribution in [0.5, 0.6) is 5.75 Å². The van der Waals surface area contributed by atoms with Crippen molar-refractivity contribution in [3.05, 3.63) is 99.3 Å². The highest BCUT2D eigenvalue weighted by Gasteiger charge is 2.37. The van der Waals surface area contributed by atoms with Crippen LogP contribution >= 0.6 is 11.6 Å². The average Bonchev–Trinajstić information content (AvgIpc) is 3.01. The molecule has 0 radical (unpaired) electrons. The number of hydrogen-bond donors (Lipinski definition) is 3. The largest absolute Gasteiger partial charge is 0.490 e. The number of benzene rings is 3. The molecular weight excluding hydrogens is 589 g/mol. The molecule has 3 N–H and O–H groups in total. The van der Waals surface area contributed by atoms with E-state index >= 15 is 0 Å². The summed E-state index contributed by atoms with van der Waals surface area (Å²) in [5.41, 5.74) is 1.77. The van der Waals surface area contributed by atoms with Gasteiger partial charge in [0, 0.05) is 35.0 Å². The first-order valence-electron chi connectivity index (χ1n) is 14.2. The topological polar surface area (TPSA) is 125 Å². The normalized spacial score (nSPS) is 16.8. The lowest BCUT2D eigenvalue weighted by Gasteiger charge is -2.37. The number of carbonyl (C=O) groups excluding carboxylic acids is 3. The van der Waals surface area contributed by atoms with Crippen molar-refractivity contribution in [3.8, 4) is 5.75 Å². The summed E-state index contributed by atoms with van der Waals surface area (Å²) >= 11 is 5.95. The third-order valence-electron chi connectivity index (χ3n) is 7.79. The van der Waals surface area contributed by atoms with E-state index < -0.39 is 35.4 Å². The van der Waals surface area contributed by atoms with Crippen LogP contribution in [0.25, 0.3) is 6.08 Å². The molecule has 3 aromatic rings. The first-order valence-corrected chi connectivity index (χ1v) is 14.6. The van der Waals surface area contributed by atoms with Crippen LogP contribution in [-0.4, -0.2) is 59.3 Å². The third kappa shape index (κ3) is 6.66. The van der Waals surface area contributed by atoms with E-state index in [9.17, 15) is 28.7 Å². The zero-order valence-electron chi connectivity index (χ0n) is 23.9. The number of ketones is 1. The van der Waals surface area contributed by atoms with Crippen LogP contribution in [-0.2, 0) is 16.0 Å². The molecule has 2 aliphatic heterocycles. The van der Waals surface area contributed by atoms with Crippen LogP contribution in [0.1, 0.15) is 63.2 Å². The summed E-state index contributed by atoms with van der Waals surface area (Å²) in [5, 5.41) is 15.1. The smallest absolute Gasteiger partial charge is 0.335 e. The second-order valence-corrected chi connectivity index (χ2v) is 11.1. The molecule has 0 spiro atoms. The van der Waals surface area contributed by atoms with E-state index in [0.717, 1.165) is 37.6 Å². The maximum absolute atomic E-state index is 14.9. The minimum absolute atomic E-state index is 0.0217. The Hall–Kier alpha value is -4.54. The number of fused-ring (bicyclic) bond motifs is 1. The summed E-state index contributed by atoms with van der Waals surface area (Å²) in [6.07, 6.45) is 4.45. The van der Waals surface area contributed by atoms with Gasteiger partial charge < -0.3 is 25.4 Å². The SMILES string of the molecule is CC(=O)c1ccc(Cl)c(F)c1C=CC(=O)N1CCc2c(OC3CCNCC3)cccc2C1C(=O)Nc1ccc(C(=O)O)cc1. The zero-order chi connectivity index (χ0) is 31.4. The first kappa shape index (κ1) is 30.9. The number of hydrogen-bond acceptors (Lipinski definition) is 6. The van der Waals surface area contributed by atoms with Gasteiger partial charge >= 0.3 is 5.97 Å². The van der Waals surface area contributed by atoms with Gasteiger partial charge in [0.1, 0.15) is 23.7 Å². The van der Waals surface area contributed by atoms with Crippen LogP contribution in [0, 0.1) is 5.82 Å². The number of anilines is 1. The van der Waals surface area contributed by atoms with E-state index in [1.54, 1.807) is 12.1 Å². The van der Waals surface area contributed by atoms with Gasteiger partial charge in [-0.05, 0) is 93.4 Å². The van der Waals surface area contributed by atoms with Crippen LogP contribution in [0.2, 0.25) is 5.02 Å². The standard InChI is InChI=1S/C33H31ClFN3O6/c1-19(39)23-9-11-27(34)30(35)25(23)10-12-29(40)38-18-15-24-26(3-2-4-28(24)44-22-13-16-36-17-14-22)31(38)32(41)37-21-7-5-20(6-8-21)33(42)43/h2-12,22,31,36H,13-18H2,1H3,(H,37,41)(H,42,43). The highest BCUT2D eigenvalue weighted by molar-refractivity contribution is 6.31. The van der Waals surface area contributed by atoms with Crippen molar-refractivity contribution < 1.29 is 33.4 Å². The molecule has 2 amide bonds. The van der Waals surface area contributed by atoms with Crippen molar-refractivity contribution >= 4 is 46.9 Å². The van der Waals surface area contributed by atoms with Crippen molar-refractivity contribution in [1.29, 1.82) is 0 Å². The minimum Gasteiger partial charge on any atom is -0.490 e. The number of piperidine rings is 1. The number of nitrogens with zero attached hydrogens (tertiary/aromatic N) is 1. The molecule has 11 heteroatoms. The van der Waals surface area contributed by atoms with E-state index in [-0.39, 0.29) is 34.4 Å². The number of carboxylic acid groups (broad SMARTS) is 1. The maximum atomic E-state index is 14.9. The second-order valence-electron chi connectivity index (χ2n) is 10.7. The van der Waals surface area contributed by atoms with Crippen LogP contribution < -0.4 is 15.4 Å². The molecule has 0 saturated carbocycles. The van der Waals surface area contributed by atoms with Gasteiger partial charge in [0.2, 0.25) is 5.91 Å². The summed E-state index contributed by atoms with van der Waals surface area (Å²) in [6, 6.07) is 12.7. The lowest BCUT2D eigenvalue weighted by Crippen LogP contribution is -2.45. The predicted molar refractivity (Wildman–Crippen MR) is 164 cm³/mol. The maximum Gasteiger partial charge on any atom is 0.335 e. The summed E-state index contributed by atoms with van der Waals surface area (Å²) < 4.78 is 21.3. The molecule has 0 bridgehead atoms. The Balaban J connectivity index is 1.49. The number of carboxylic acids is 1. The van der Waals surface area contributed by atoms with Gasteiger partial charge in [-0.15, -0.1) is 0 Å². The number of Topliss-reactive ketones (excluding diaryl/α,β-unsaturated/α-hetero) is 1. The average molecular weight is 620 g/mol. The number of ether oxygens (including phenoxy) is 1. The molecule has 5 rings (SSSR count). The van der Waals surface area contributed by atoms with Crippen LogP contribution in [0.15, 0.2) is 60.7 Å². The third-order valence-corrected chi connectivity index (χ3v) is 8.09. The quantitative estimate of drug-likeness (QED) is 0.231. The number of amides is 2. The number of rotatable bonds is 8. The fraction of sp³-hybridized carbons (Fsp3) is 0.273. The summed E-state index contributed by atoms with van der Waals surface area (Å²) in [6.45, 7) is 3.14. The molecule has 1 atom stereocenters. The van der Waals surface area contributed by atoms with E-state index in [0.29, 0.717) is 23.4 Å². The molecule has 1 saturated heterocycles. The molecule has 1 fully saturated rings. The van der Waals surface area contributed by atoms with E-state index in [2.05, 4.69) is 10.6 Å². The zero-order valence-corrected chi connectivity index (χ0v) is 24.7. The molecule has 9 nitrogen and oxygen atoms in total. The Labute approximate surface area is 258 Å². The Kier molecular flexibility index (Phi) is 9.41. The van der Waals surface area contributed by atoms with Gasteiger partial charge in [-0.3, -0.25) is 14.4 Å². The van der Waals surface area contributed by atoms with Gasteiger partial charge in [0.15, 0.2) is 5.78 Å². The number of carbonyl (C=O) groups is 4. The number of aromatic carboxylic acids is 1. The van der Waals surface area contributed by atoms with E-state index in [1.807, 2.05) is 6.07 Å². The Morgan fingerprint density at radius 3 is 2.48 bits per heavy atom. The van der Waals surface area contributed by atoms with Gasteiger partial charge in [0.25, 0.3) is 5.91 Å². The molecule has 2 heterocycles. The molecule has 3 aromatic carbocycles.